The van der Waals surface area contributed by atoms with E-state index in [0.717, 1.165) is 6.42 Å². The van der Waals surface area contributed by atoms with Crippen LogP contribution in [0.3, 0.4) is 0 Å². The molecular formula is C17H19N. The van der Waals surface area contributed by atoms with Gasteiger partial charge in [-0.3, -0.25) is 0 Å². The fourth-order valence-electron chi connectivity index (χ4n) is 2.75. The molecule has 2 aromatic carbocycles. The molecule has 0 fully saturated rings. The van der Waals surface area contributed by atoms with Gasteiger partial charge in [-0.05, 0) is 35.6 Å². The van der Waals surface area contributed by atoms with Crippen molar-refractivity contribution in [2.45, 2.75) is 32.2 Å². The summed E-state index contributed by atoms with van der Waals surface area (Å²) < 4.78 is 0. The average Bonchev–Trinajstić information content (AvgIpc) is 2.83. The number of anilines is 1. The van der Waals surface area contributed by atoms with Gasteiger partial charge in [0.2, 0.25) is 0 Å². The third kappa shape index (κ3) is 2.13. The van der Waals surface area contributed by atoms with Crippen molar-refractivity contribution >= 4 is 5.69 Å². The third-order valence-corrected chi connectivity index (χ3v) is 3.66. The molecule has 1 atom stereocenters. The van der Waals surface area contributed by atoms with E-state index < -0.39 is 0 Å². The van der Waals surface area contributed by atoms with Crippen LogP contribution in [0, 0.1) is 0 Å². The molecule has 1 heteroatoms. The van der Waals surface area contributed by atoms with Crippen LogP contribution in [0.25, 0.3) is 0 Å². The van der Waals surface area contributed by atoms with E-state index in [1.807, 2.05) is 0 Å². The van der Waals surface area contributed by atoms with Gasteiger partial charge in [-0.1, -0.05) is 55.8 Å². The molecule has 1 unspecified atom stereocenters. The quantitative estimate of drug-likeness (QED) is 0.837. The predicted octanol–water partition coefficient (Wildman–Crippen LogP) is 4.35. The standard InChI is InChI=1S/C17H19N/c1-2-6-13-7-5-9-14(11-13)17-12-15-8-3-4-10-16(15)18-17/h3-5,7-11,17-18H,2,6,12H2,1H3. The van der Waals surface area contributed by atoms with Gasteiger partial charge in [-0.15, -0.1) is 0 Å². The fourth-order valence-corrected chi connectivity index (χ4v) is 2.75. The predicted molar refractivity (Wildman–Crippen MR) is 76.9 cm³/mol. The van der Waals surface area contributed by atoms with E-state index in [4.69, 9.17) is 0 Å². The molecule has 3 rings (SSSR count). The van der Waals surface area contributed by atoms with Gasteiger partial charge in [0.15, 0.2) is 0 Å². The van der Waals surface area contributed by atoms with Gasteiger partial charge in [0.05, 0.1) is 6.04 Å². The first-order valence-corrected chi connectivity index (χ1v) is 6.80. The van der Waals surface area contributed by atoms with E-state index in [1.165, 1.54) is 35.2 Å². The molecule has 0 spiro atoms. The number of nitrogens with one attached hydrogen (secondary N) is 1. The number of hydrogen-bond acceptors (Lipinski definition) is 1. The van der Waals surface area contributed by atoms with Crippen molar-refractivity contribution < 1.29 is 0 Å². The molecule has 0 aliphatic carbocycles. The van der Waals surface area contributed by atoms with Crippen LogP contribution < -0.4 is 5.32 Å². The van der Waals surface area contributed by atoms with Gasteiger partial charge in [-0.25, -0.2) is 0 Å². The Bertz CT molecular complexity index is 520. The van der Waals surface area contributed by atoms with Crippen molar-refractivity contribution in [1.29, 1.82) is 0 Å². The summed E-state index contributed by atoms with van der Waals surface area (Å²) in [4.78, 5) is 0. The molecule has 1 aliphatic rings. The number of hydrogen-bond donors (Lipinski definition) is 1. The van der Waals surface area contributed by atoms with E-state index in [1.54, 1.807) is 0 Å². The second-order valence-electron chi connectivity index (χ2n) is 5.05. The highest BCUT2D eigenvalue weighted by atomic mass is 14.9. The molecule has 0 radical (unpaired) electrons. The maximum atomic E-state index is 3.62. The Balaban J connectivity index is 1.83. The van der Waals surface area contributed by atoms with E-state index >= 15 is 0 Å². The summed E-state index contributed by atoms with van der Waals surface area (Å²) >= 11 is 0. The number of benzene rings is 2. The van der Waals surface area contributed by atoms with Gasteiger partial charge in [0, 0.05) is 5.69 Å². The second kappa shape index (κ2) is 4.85. The van der Waals surface area contributed by atoms with Crippen LogP contribution in [-0.4, -0.2) is 0 Å². The van der Waals surface area contributed by atoms with E-state index in [0.29, 0.717) is 6.04 Å². The van der Waals surface area contributed by atoms with Crippen molar-refractivity contribution in [3.05, 3.63) is 65.2 Å². The molecule has 1 aliphatic heterocycles. The molecule has 92 valence electrons. The highest BCUT2D eigenvalue weighted by molar-refractivity contribution is 5.58. The molecule has 0 bridgehead atoms. The van der Waals surface area contributed by atoms with Crippen LogP contribution >= 0.6 is 0 Å². The van der Waals surface area contributed by atoms with Crippen LogP contribution in [0.4, 0.5) is 5.69 Å². The monoisotopic (exact) mass is 237 g/mol. The molecule has 0 amide bonds. The van der Waals surface area contributed by atoms with Gasteiger partial charge in [0.25, 0.3) is 0 Å². The van der Waals surface area contributed by atoms with Crippen molar-refractivity contribution in [2.75, 3.05) is 5.32 Å². The minimum absolute atomic E-state index is 0.444. The summed E-state index contributed by atoms with van der Waals surface area (Å²) in [7, 11) is 0. The van der Waals surface area contributed by atoms with Gasteiger partial charge in [0.1, 0.15) is 0 Å². The highest BCUT2D eigenvalue weighted by Crippen LogP contribution is 2.34. The van der Waals surface area contributed by atoms with Gasteiger partial charge >= 0.3 is 0 Å². The SMILES string of the molecule is CCCc1cccc(C2Cc3ccccc3N2)c1. The largest absolute Gasteiger partial charge is 0.378 e. The average molecular weight is 237 g/mol. The Hall–Kier alpha value is -1.76. The van der Waals surface area contributed by atoms with Crippen molar-refractivity contribution in [3.8, 4) is 0 Å². The Morgan fingerprint density at radius 1 is 1.11 bits per heavy atom. The maximum Gasteiger partial charge on any atom is 0.0555 e. The molecular weight excluding hydrogens is 218 g/mol. The normalized spacial score (nSPS) is 17.3. The zero-order valence-corrected chi connectivity index (χ0v) is 10.8. The summed E-state index contributed by atoms with van der Waals surface area (Å²) in [6.07, 6.45) is 3.49. The van der Waals surface area contributed by atoms with Crippen LogP contribution in [0.1, 0.15) is 36.1 Å². The summed E-state index contributed by atoms with van der Waals surface area (Å²) in [5.41, 5.74) is 5.59. The van der Waals surface area contributed by atoms with Gasteiger partial charge < -0.3 is 5.32 Å². The van der Waals surface area contributed by atoms with Crippen molar-refractivity contribution in [2.24, 2.45) is 0 Å². The highest BCUT2D eigenvalue weighted by Gasteiger charge is 2.21. The molecule has 2 aromatic rings. The molecule has 1 N–H and O–H groups in total. The molecule has 0 saturated carbocycles. The zero-order chi connectivity index (χ0) is 12.4. The first kappa shape index (κ1) is 11.3. The molecule has 18 heavy (non-hydrogen) atoms. The van der Waals surface area contributed by atoms with Crippen LogP contribution in [0.5, 0.6) is 0 Å². The summed E-state index contributed by atoms with van der Waals surface area (Å²) in [6.45, 7) is 2.23. The lowest BCUT2D eigenvalue weighted by Gasteiger charge is -2.13. The molecule has 1 heterocycles. The summed E-state index contributed by atoms with van der Waals surface area (Å²) in [6, 6.07) is 18.1. The lowest BCUT2D eigenvalue weighted by atomic mass is 9.99. The lowest BCUT2D eigenvalue weighted by molar-refractivity contribution is 0.817. The number of para-hydroxylation sites is 1. The van der Waals surface area contributed by atoms with E-state index in [9.17, 15) is 0 Å². The molecule has 0 saturated heterocycles. The van der Waals surface area contributed by atoms with E-state index in [-0.39, 0.29) is 0 Å². The Kier molecular flexibility index (Phi) is 3.06. The van der Waals surface area contributed by atoms with Crippen LogP contribution in [-0.2, 0) is 12.8 Å². The second-order valence-corrected chi connectivity index (χ2v) is 5.05. The first-order valence-electron chi connectivity index (χ1n) is 6.80. The maximum absolute atomic E-state index is 3.62. The Morgan fingerprint density at radius 3 is 2.83 bits per heavy atom. The zero-order valence-electron chi connectivity index (χ0n) is 10.8. The molecule has 0 aromatic heterocycles. The summed E-state index contributed by atoms with van der Waals surface area (Å²) in [5, 5.41) is 3.62. The summed E-state index contributed by atoms with van der Waals surface area (Å²) in [5.74, 6) is 0. The van der Waals surface area contributed by atoms with Gasteiger partial charge in [-0.2, -0.15) is 0 Å². The van der Waals surface area contributed by atoms with Crippen LogP contribution in [0.2, 0.25) is 0 Å². The third-order valence-electron chi connectivity index (χ3n) is 3.66. The molecule has 1 nitrogen and oxygen atoms in total. The van der Waals surface area contributed by atoms with Crippen molar-refractivity contribution in [3.63, 3.8) is 0 Å². The number of rotatable bonds is 3. The number of aryl methyl sites for hydroxylation is 1. The Morgan fingerprint density at radius 2 is 2.00 bits per heavy atom. The fraction of sp³-hybridized carbons (Fsp3) is 0.294. The topological polar surface area (TPSA) is 12.0 Å². The first-order chi connectivity index (χ1) is 8.86. The number of fused-ring (bicyclic) bond motifs is 1. The van der Waals surface area contributed by atoms with Crippen molar-refractivity contribution in [1.82, 2.24) is 0 Å². The minimum atomic E-state index is 0.444. The van der Waals surface area contributed by atoms with E-state index in [2.05, 4.69) is 60.8 Å². The van der Waals surface area contributed by atoms with Crippen LogP contribution in [0.15, 0.2) is 48.5 Å². The Labute approximate surface area is 109 Å². The smallest absolute Gasteiger partial charge is 0.0555 e. The minimum Gasteiger partial charge on any atom is -0.378 e. The lowest BCUT2D eigenvalue weighted by Crippen LogP contribution is -2.05.